The SMILES string of the molecule is Cc1cnn([C@H]2CCCN(C(=O)Nc3ccnn3[C@H](C)C3CC3)C2)c1. The molecule has 134 valence electrons. The monoisotopic (exact) mass is 342 g/mol. The van der Waals surface area contributed by atoms with Crippen molar-refractivity contribution in [3.8, 4) is 0 Å². The van der Waals surface area contributed by atoms with Crippen molar-refractivity contribution in [1.29, 1.82) is 0 Å². The van der Waals surface area contributed by atoms with Gasteiger partial charge >= 0.3 is 6.03 Å². The maximum Gasteiger partial charge on any atom is 0.323 e. The predicted molar refractivity (Wildman–Crippen MR) is 95.5 cm³/mol. The molecule has 2 aromatic heterocycles. The van der Waals surface area contributed by atoms with Crippen LogP contribution in [0.2, 0.25) is 0 Å². The number of urea groups is 1. The molecule has 4 rings (SSSR count). The molecule has 0 bridgehead atoms. The standard InChI is InChI=1S/C18H26N6O/c1-13-10-20-23(11-13)16-4-3-9-22(12-16)18(25)21-17-7-8-19-24(17)14(2)15-5-6-15/h7-8,10-11,14-16H,3-6,9,12H2,1-2H3,(H,21,25)/t14-,16+/m1/s1. The van der Waals surface area contributed by atoms with Crippen LogP contribution in [-0.2, 0) is 0 Å². The molecule has 25 heavy (non-hydrogen) atoms. The average Bonchev–Trinajstić information content (AvgIpc) is 3.22. The van der Waals surface area contributed by atoms with Gasteiger partial charge in [-0.2, -0.15) is 10.2 Å². The third kappa shape index (κ3) is 3.41. The summed E-state index contributed by atoms with van der Waals surface area (Å²) in [5.74, 6) is 1.49. The smallest absolute Gasteiger partial charge is 0.322 e. The first-order chi connectivity index (χ1) is 12.1. The molecule has 1 aliphatic carbocycles. The molecule has 2 aliphatic rings. The molecule has 7 heteroatoms. The van der Waals surface area contributed by atoms with E-state index in [1.807, 2.05) is 33.5 Å². The zero-order chi connectivity index (χ0) is 17.4. The molecular formula is C18H26N6O. The fourth-order valence-electron chi connectivity index (χ4n) is 3.69. The van der Waals surface area contributed by atoms with Gasteiger partial charge in [0.2, 0.25) is 0 Å². The van der Waals surface area contributed by atoms with E-state index in [9.17, 15) is 4.79 Å². The van der Waals surface area contributed by atoms with E-state index in [1.54, 1.807) is 6.20 Å². The zero-order valence-electron chi connectivity index (χ0n) is 14.9. The molecule has 1 N–H and O–H groups in total. The minimum Gasteiger partial charge on any atom is -0.322 e. The summed E-state index contributed by atoms with van der Waals surface area (Å²) in [5.41, 5.74) is 1.15. The van der Waals surface area contributed by atoms with Gasteiger partial charge in [0.05, 0.1) is 24.5 Å². The van der Waals surface area contributed by atoms with Gasteiger partial charge in [-0.15, -0.1) is 0 Å². The fraction of sp³-hybridized carbons (Fsp3) is 0.611. The molecule has 0 unspecified atom stereocenters. The van der Waals surface area contributed by atoms with Gasteiger partial charge in [-0.3, -0.25) is 10.00 Å². The lowest BCUT2D eigenvalue weighted by Gasteiger charge is -2.33. The van der Waals surface area contributed by atoms with Gasteiger partial charge in [0, 0.05) is 25.4 Å². The Morgan fingerprint density at radius 3 is 2.88 bits per heavy atom. The zero-order valence-corrected chi connectivity index (χ0v) is 14.9. The van der Waals surface area contributed by atoms with E-state index in [-0.39, 0.29) is 12.1 Å². The minimum absolute atomic E-state index is 0.0432. The van der Waals surface area contributed by atoms with Crippen LogP contribution < -0.4 is 5.32 Å². The number of piperidine rings is 1. The Morgan fingerprint density at radius 2 is 2.16 bits per heavy atom. The van der Waals surface area contributed by atoms with Gasteiger partial charge < -0.3 is 4.90 Å². The Balaban J connectivity index is 1.42. The number of nitrogens with one attached hydrogen (secondary N) is 1. The second kappa shape index (κ2) is 6.54. The maximum atomic E-state index is 12.8. The summed E-state index contributed by atoms with van der Waals surface area (Å²) in [7, 11) is 0. The lowest BCUT2D eigenvalue weighted by molar-refractivity contribution is 0.174. The van der Waals surface area contributed by atoms with Crippen molar-refractivity contribution >= 4 is 11.8 Å². The largest absolute Gasteiger partial charge is 0.323 e. The quantitative estimate of drug-likeness (QED) is 0.927. The van der Waals surface area contributed by atoms with Gasteiger partial charge in [0.25, 0.3) is 0 Å². The number of anilines is 1. The lowest BCUT2D eigenvalue weighted by Crippen LogP contribution is -2.43. The summed E-state index contributed by atoms with van der Waals surface area (Å²) in [6.45, 7) is 5.70. The average molecular weight is 342 g/mol. The molecule has 3 heterocycles. The van der Waals surface area contributed by atoms with Crippen molar-refractivity contribution in [1.82, 2.24) is 24.5 Å². The van der Waals surface area contributed by atoms with E-state index >= 15 is 0 Å². The van der Waals surface area contributed by atoms with Crippen LogP contribution in [0.25, 0.3) is 0 Å². The number of carbonyl (C=O) groups is 1. The first kappa shape index (κ1) is 16.2. The number of amides is 2. The summed E-state index contributed by atoms with van der Waals surface area (Å²) in [6, 6.07) is 2.43. The fourth-order valence-corrected chi connectivity index (χ4v) is 3.69. The van der Waals surface area contributed by atoms with Crippen molar-refractivity contribution < 1.29 is 4.79 Å². The Hall–Kier alpha value is -2.31. The normalized spacial score (nSPS) is 22.0. The Kier molecular flexibility index (Phi) is 4.23. The van der Waals surface area contributed by atoms with Crippen molar-refractivity contribution in [3.05, 3.63) is 30.2 Å². The number of carbonyl (C=O) groups excluding carboxylic acids is 1. The highest BCUT2D eigenvalue weighted by molar-refractivity contribution is 5.88. The van der Waals surface area contributed by atoms with Gasteiger partial charge in [-0.05, 0) is 51.0 Å². The Bertz CT molecular complexity index is 746. The molecule has 1 aliphatic heterocycles. The van der Waals surface area contributed by atoms with Crippen molar-refractivity contribution in [2.75, 3.05) is 18.4 Å². The maximum absolute atomic E-state index is 12.8. The predicted octanol–water partition coefficient (Wildman–Crippen LogP) is 3.23. The van der Waals surface area contributed by atoms with E-state index in [0.717, 1.165) is 30.8 Å². The van der Waals surface area contributed by atoms with Gasteiger partial charge in [0.15, 0.2) is 0 Å². The molecule has 7 nitrogen and oxygen atoms in total. The van der Waals surface area contributed by atoms with Crippen LogP contribution >= 0.6 is 0 Å². The molecule has 2 aromatic rings. The van der Waals surface area contributed by atoms with Crippen LogP contribution in [0.3, 0.4) is 0 Å². The summed E-state index contributed by atoms with van der Waals surface area (Å²) < 4.78 is 3.95. The van der Waals surface area contributed by atoms with Gasteiger partial charge in [0.1, 0.15) is 5.82 Å². The highest BCUT2D eigenvalue weighted by Gasteiger charge is 2.31. The summed E-state index contributed by atoms with van der Waals surface area (Å²) in [4.78, 5) is 14.6. The van der Waals surface area contributed by atoms with Crippen molar-refractivity contribution in [2.24, 2.45) is 5.92 Å². The third-order valence-corrected chi connectivity index (χ3v) is 5.38. The van der Waals surface area contributed by atoms with Crippen LogP contribution in [0.4, 0.5) is 10.6 Å². The number of rotatable bonds is 4. The van der Waals surface area contributed by atoms with Gasteiger partial charge in [-0.25, -0.2) is 9.48 Å². The van der Waals surface area contributed by atoms with E-state index in [4.69, 9.17) is 0 Å². The van der Waals surface area contributed by atoms with Crippen LogP contribution in [0.1, 0.15) is 50.3 Å². The molecule has 2 fully saturated rings. The number of aryl methyl sites for hydroxylation is 1. The summed E-state index contributed by atoms with van der Waals surface area (Å²) >= 11 is 0. The Labute approximate surface area is 148 Å². The van der Waals surface area contributed by atoms with E-state index in [2.05, 4.69) is 28.6 Å². The topological polar surface area (TPSA) is 68.0 Å². The van der Waals surface area contributed by atoms with Crippen molar-refractivity contribution in [3.63, 3.8) is 0 Å². The van der Waals surface area contributed by atoms with Gasteiger partial charge in [-0.1, -0.05) is 0 Å². The highest BCUT2D eigenvalue weighted by Crippen LogP contribution is 2.40. The molecule has 0 aromatic carbocycles. The van der Waals surface area contributed by atoms with Crippen LogP contribution in [0.15, 0.2) is 24.7 Å². The number of aromatic nitrogens is 4. The molecule has 2 atom stereocenters. The molecule has 0 spiro atoms. The Morgan fingerprint density at radius 1 is 1.32 bits per heavy atom. The number of hydrogen-bond acceptors (Lipinski definition) is 3. The molecule has 2 amide bonds. The van der Waals surface area contributed by atoms with Crippen molar-refractivity contribution in [2.45, 2.75) is 51.6 Å². The first-order valence-electron chi connectivity index (χ1n) is 9.22. The second-order valence-corrected chi connectivity index (χ2v) is 7.41. The highest BCUT2D eigenvalue weighted by atomic mass is 16.2. The van der Waals surface area contributed by atoms with E-state index in [0.29, 0.717) is 18.5 Å². The number of likely N-dealkylation sites (tertiary alicyclic amines) is 1. The third-order valence-electron chi connectivity index (χ3n) is 5.38. The van der Waals surface area contributed by atoms with Crippen LogP contribution in [0.5, 0.6) is 0 Å². The van der Waals surface area contributed by atoms with E-state index in [1.165, 1.54) is 12.8 Å². The first-order valence-corrected chi connectivity index (χ1v) is 9.22. The number of hydrogen-bond donors (Lipinski definition) is 1. The summed E-state index contributed by atoms with van der Waals surface area (Å²) in [5, 5.41) is 11.9. The van der Waals surface area contributed by atoms with Crippen LogP contribution in [0, 0.1) is 12.8 Å². The second-order valence-electron chi connectivity index (χ2n) is 7.41. The minimum atomic E-state index is -0.0432. The molecular weight excluding hydrogens is 316 g/mol. The molecule has 1 saturated carbocycles. The van der Waals surface area contributed by atoms with E-state index < -0.39 is 0 Å². The number of nitrogens with zero attached hydrogens (tertiary/aromatic N) is 5. The van der Waals surface area contributed by atoms with Crippen LogP contribution in [-0.4, -0.2) is 43.6 Å². The lowest BCUT2D eigenvalue weighted by atomic mass is 10.1. The molecule has 0 radical (unpaired) electrons. The molecule has 1 saturated heterocycles. The summed E-state index contributed by atoms with van der Waals surface area (Å²) in [6.07, 6.45) is 10.3.